The molecule has 8 nitrogen and oxygen atoms in total. The number of ether oxygens (including phenoxy) is 1. The lowest BCUT2D eigenvalue weighted by molar-refractivity contribution is 0.0940. The quantitative estimate of drug-likeness (QED) is 0.602. The number of para-hydroxylation sites is 2. The van der Waals surface area contributed by atoms with Crippen LogP contribution < -0.4 is 5.32 Å². The van der Waals surface area contributed by atoms with Gasteiger partial charge >= 0.3 is 0 Å². The number of aromatic nitrogens is 4. The molecule has 1 aliphatic heterocycles. The molecule has 0 spiro atoms. The van der Waals surface area contributed by atoms with Gasteiger partial charge in [0, 0.05) is 64.6 Å². The van der Waals surface area contributed by atoms with Crippen molar-refractivity contribution in [2.75, 3.05) is 26.8 Å². The summed E-state index contributed by atoms with van der Waals surface area (Å²) in [5.41, 5.74) is 6.42. The van der Waals surface area contributed by atoms with E-state index in [-0.39, 0.29) is 5.91 Å². The summed E-state index contributed by atoms with van der Waals surface area (Å²) < 4.78 is 6.89. The Kier molecular flexibility index (Phi) is 6.06. The Hall–Kier alpha value is -2.84. The molecule has 3 heterocycles. The predicted molar refractivity (Wildman–Crippen MR) is 114 cm³/mol. The van der Waals surface area contributed by atoms with E-state index in [1.165, 1.54) is 0 Å². The van der Waals surface area contributed by atoms with Gasteiger partial charge in [0.15, 0.2) is 5.69 Å². The van der Waals surface area contributed by atoms with Crippen LogP contribution in [0.3, 0.4) is 0 Å². The van der Waals surface area contributed by atoms with E-state index >= 15 is 0 Å². The van der Waals surface area contributed by atoms with Gasteiger partial charge in [0.25, 0.3) is 5.91 Å². The van der Waals surface area contributed by atoms with Crippen LogP contribution in [0.15, 0.2) is 24.3 Å². The summed E-state index contributed by atoms with van der Waals surface area (Å²) in [6.45, 7) is 5.49. The van der Waals surface area contributed by atoms with Gasteiger partial charge in [-0.2, -0.15) is 5.10 Å². The standard InChI is InChI=1S/C22H28N6O2/c1-15-19(25-18-8-5-4-7-17(18)24-15)14-28-11-9-20-16(13-28)21(26-27(20)2)22(29)23-10-6-12-30-3/h4-5,7-8H,6,9-14H2,1-3H3,(H,23,29). The van der Waals surface area contributed by atoms with Crippen LogP contribution in [0.1, 0.15) is 39.6 Å². The number of nitrogens with one attached hydrogen (secondary N) is 1. The van der Waals surface area contributed by atoms with Crippen LogP contribution in [-0.2, 0) is 31.3 Å². The van der Waals surface area contributed by atoms with Gasteiger partial charge in [0.05, 0.1) is 22.4 Å². The van der Waals surface area contributed by atoms with Crippen LogP contribution in [0.2, 0.25) is 0 Å². The predicted octanol–water partition coefficient (Wildman–Crippen LogP) is 2.00. The maximum Gasteiger partial charge on any atom is 0.272 e. The number of amides is 1. The van der Waals surface area contributed by atoms with Crippen molar-refractivity contribution in [1.82, 2.24) is 30.0 Å². The summed E-state index contributed by atoms with van der Waals surface area (Å²) in [4.78, 5) is 24.5. The Morgan fingerprint density at radius 2 is 2.00 bits per heavy atom. The fourth-order valence-corrected chi connectivity index (χ4v) is 3.95. The van der Waals surface area contributed by atoms with E-state index in [0.717, 1.165) is 53.1 Å². The molecule has 30 heavy (non-hydrogen) atoms. The Bertz CT molecular complexity index is 1060. The van der Waals surface area contributed by atoms with Gasteiger partial charge in [0.1, 0.15) is 0 Å². The molecule has 0 fully saturated rings. The minimum atomic E-state index is -0.119. The molecular weight excluding hydrogens is 380 g/mol. The lowest BCUT2D eigenvalue weighted by atomic mass is 10.0. The summed E-state index contributed by atoms with van der Waals surface area (Å²) >= 11 is 0. The molecule has 2 aromatic heterocycles. The van der Waals surface area contributed by atoms with Crippen LogP contribution in [0.4, 0.5) is 0 Å². The number of hydrogen-bond donors (Lipinski definition) is 1. The Morgan fingerprint density at radius 3 is 2.77 bits per heavy atom. The van der Waals surface area contributed by atoms with Crippen molar-refractivity contribution < 1.29 is 9.53 Å². The lowest BCUT2D eigenvalue weighted by Gasteiger charge is -2.27. The van der Waals surface area contributed by atoms with Crippen molar-refractivity contribution in [3.63, 3.8) is 0 Å². The maximum absolute atomic E-state index is 12.7. The molecule has 158 valence electrons. The monoisotopic (exact) mass is 408 g/mol. The maximum atomic E-state index is 12.7. The number of hydrogen-bond acceptors (Lipinski definition) is 6. The summed E-state index contributed by atoms with van der Waals surface area (Å²) in [5.74, 6) is -0.119. The van der Waals surface area contributed by atoms with E-state index < -0.39 is 0 Å². The minimum absolute atomic E-state index is 0.119. The van der Waals surface area contributed by atoms with Crippen molar-refractivity contribution in [1.29, 1.82) is 0 Å². The van der Waals surface area contributed by atoms with Crippen molar-refractivity contribution in [3.05, 3.63) is 52.6 Å². The third-order valence-corrected chi connectivity index (χ3v) is 5.56. The first-order valence-electron chi connectivity index (χ1n) is 10.3. The van der Waals surface area contributed by atoms with Crippen molar-refractivity contribution in [2.45, 2.75) is 32.9 Å². The second-order valence-corrected chi connectivity index (χ2v) is 7.70. The zero-order valence-corrected chi connectivity index (χ0v) is 17.8. The van der Waals surface area contributed by atoms with E-state index in [1.807, 2.05) is 42.9 Å². The summed E-state index contributed by atoms with van der Waals surface area (Å²) in [6, 6.07) is 7.94. The van der Waals surface area contributed by atoms with Gasteiger partial charge in [-0.3, -0.25) is 14.4 Å². The topological polar surface area (TPSA) is 85.2 Å². The third kappa shape index (κ3) is 4.20. The number of aryl methyl sites for hydroxylation is 2. The number of methoxy groups -OCH3 is 1. The molecule has 0 saturated carbocycles. The van der Waals surface area contributed by atoms with Gasteiger partial charge < -0.3 is 10.1 Å². The van der Waals surface area contributed by atoms with E-state index in [2.05, 4.69) is 15.3 Å². The number of benzene rings is 1. The largest absolute Gasteiger partial charge is 0.385 e. The third-order valence-electron chi connectivity index (χ3n) is 5.56. The van der Waals surface area contributed by atoms with Gasteiger partial charge in [0.2, 0.25) is 0 Å². The van der Waals surface area contributed by atoms with Crippen LogP contribution in [-0.4, -0.2) is 57.4 Å². The summed E-state index contributed by atoms with van der Waals surface area (Å²) in [5, 5.41) is 7.47. The van der Waals surface area contributed by atoms with Gasteiger partial charge in [-0.15, -0.1) is 0 Å². The van der Waals surface area contributed by atoms with E-state index in [9.17, 15) is 4.79 Å². The van der Waals surface area contributed by atoms with E-state index in [1.54, 1.807) is 7.11 Å². The van der Waals surface area contributed by atoms with Gasteiger partial charge in [-0.05, 0) is 25.5 Å². The highest BCUT2D eigenvalue weighted by molar-refractivity contribution is 5.94. The SMILES string of the molecule is COCCCNC(=O)c1nn(C)c2c1CN(Cc1nc3ccccc3nc1C)CC2. The number of rotatable bonds is 7. The molecule has 0 unspecified atom stereocenters. The number of nitrogens with zero attached hydrogens (tertiary/aromatic N) is 5. The van der Waals surface area contributed by atoms with Gasteiger partial charge in [-0.25, -0.2) is 9.97 Å². The molecule has 1 N–H and O–H groups in total. The smallest absolute Gasteiger partial charge is 0.272 e. The number of carbonyl (C=O) groups excluding carboxylic acids is 1. The molecular formula is C22H28N6O2. The first-order chi connectivity index (χ1) is 14.6. The first kappa shape index (κ1) is 20.4. The molecule has 1 aliphatic rings. The Labute approximate surface area is 176 Å². The highest BCUT2D eigenvalue weighted by Crippen LogP contribution is 2.24. The average Bonchev–Trinajstić information content (AvgIpc) is 3.07. The molecule has 8 heteroatoms. The highest BCUT2D eigenvalue weighted by Gasteiger charge is 2.27. The molecule has 0 atom stereocenters. The second kappa shape index (κ2) is 8.89. The molecule has 0 radical (unpaired) electrons. The number of carbonyl (C=O) groups is 1. The molecule has 1 amide bonds. The zero-order chi connectivity index (χ0) is 21.1. The Balaban J connectivity index is 1.50. The van der Waals surface area contributed by atoms with Crippen LogP contribution in [0.25, 0.3) is 11.0 Å². The van der Waals surface area contributed by atoms with Crippen molar-refractivity contribution >= 4 is 16.9 Å². The fraction of sp³-hybridized carbons (Fsp3) is 0.455. The van der Waals surface area contributed by atoms with Crippen LogP contribution in [0.5, 0.6) is 0 Å². The molecule has 0 aliphatic carbocycles. The highest BCUT2D eigenvalue weighted by atomic mass is 16.5. The normalized spacial score (nSPS) is 14.1. The lowest BCUT2D eigenvalue weighted by Crippen LogP contribution is -2.33. The van der Waals surface area contributed by atoms with Crippen molar-refractivity contribution in [2.24, 2.45) is 7.05 Å². The van der Waals surface area contributed by atoms with Crippen LogP contribution >= 0.6 is 0 Å². The zero-order valence-electron chi connectivity index (χ0n) is 17.8. The Morgan fingerprint density at radius 1 is 1.23 bits per heavy atom. The van der Waals surface area contributed by atoms with Crippen molar-refractivity contribution in [3.8, 4) is 0 Å². The van der Waals surface area contributed by atoms with E-state index in [4.69, 9.17) is 14.7 Å². The molecule has 0 bridgehead atoms. The molecule has 0 saturated heterocycles. The van der Waals surface area contributed by atoms with E-state index in [0.29, 0.717) is 31.9 Å². The molecule has 1 aromatic carbocycles. The minimum Gasteiger partial charge on any atom is -0.385 e. The molecule has 3 aromatic rings. The fourth-order valence-electron chi connectivity index (χ4n) is 3.95. The molecule has 4 rings (SSSR count). The summed E-state index contributed by atoms with van der Waals surface area (Å²) in [7, 11) is 3.57. The average molecular weight is 409 g/mol. The second-order valence-electron chi connectivity index (χ2n) is 7.70. The number of fused-ring (bicyclic) bond motifs is 2. The first-order valence-corrected chi connectivity index (χ1v) is 10.3. The summed E-state index contributed by atoms with van der Waals surface area (Å²) in [6.07, 6.45) is 1.64. The van der Waals surface area contributed by atoms with Crippen LogP contribution in [0, 0.1) is 6.92 Å². The van der Waals surface area contributed by atoms with Gasteiger partial charge in [-0.1, -0.05) is 12.1 Å².